The van der Waals surface area contributed by atoms with E-state index in [2.05, 4.69) is 20.1 Å². The molecule has 0 amide bonds. The predicted octanol–water partition coefficient (Wildman–Crippen LogP) is 2.69. The van der Waals surface area contributed by atoms with Gasteiger partial charge in [0.25, 0.3) is 5.56 Å². The number of fused-ring (bicyclic) bond motifs is 1. The number of alkyl halides is 5. The van der Waals surface area contributed by atoms with Crippen LogP contribution in [-0.2, 0) is 6.18 Å². The molecule has 0 radical (unpaired) electrons. The first-order valence-corrected chi connectivity index (χ1v) is 10.1. The van der Waals surface area contributed by atoms with E-state index in [1.165, 1.54) is 27.9 Å². The van der Waals surface area contributed by atoms with Crippen LogP contribution in [-0.4, -0.2) is 49.7 Å². The second-order valence-electron chi connectivity index (χ2n) is 7.87. The minimum absolute atomic E-state index is 0.00459. The quantitative estimate of drug-likeness (QED) is 0.423. The van der Waals surface area contributed by atoms with Crippen molar-refractivity contribution in [3.8, 4) is 17.0 Å². The number of H-pyrrole nitrogens is 2. The summed E-state index contributed by atoms with van der Waals surface area (Å²) < 4.78 is 74.7. The molecule has 1 fully saturated rings. The van der Waals surface area contributed by atoms with Crippen molar-refractivity contribution in [2.45, 2.75) is 18.2 Å². The number of benzene rings is 1. The van der Waals surface area contributed by atoms with Gasteiger partial charge in [-0.15, -0.1) is 0 Å². The van der Waals surface area contributed by atoms with Crippen LogP contribution in [0.1, 0.15) is 5.56 Å². The summed E-state index contributed by atoms with van der Waals surface area (Å²) in [7, 11) is 0. The number of aromatic amines is 2. The van der Waals surface area contributed by atoms with E-state index in [1.807, 2.05) is 0 Å². The Morgan fingerprint density at radius 3 is 2.57 bits per heavy atom. The Kier molecular flexibility index (Phi) is 5.11. The van der Waals surface area contributed by atoms with Crippen molar-refractivity contribution in [1.82, 2.24) is 24.6 Å². The highest BCUT2D eigenvalue weighted by molar-refractivity contribution is 5.74. The first-order chi connectivity index (χ1) is 16.5. The Labute approximate surface area is 191 Å². The van der Waals surface area contributed by atoms with Crippen molar-refractivity contribution in [1.29, 1.82) is 0 Å². The molecule has 0 spiro atoms. The normalized spacial score (nSPS) is 17.7. The van der Waals surface area contributed by atoms with Crippen molar-refractivity contribution < 1.29 is 26.7 Å². The number of ether oxygens (including phenoxy) is 1. The van der Waals surface area contributed by atoms with Gasteiger partial charge in [-0.3, -0.25) is 9.78 Å². The van der Waals surface area contributed by atoms with Crippen molar-refractivity contribution in [3.05, 3.63) is 75.3 Å². The molecule has 1 aliphatic heterocycles. The lowest BCUT2D eigenvalue weighted by atomic mass is 10.2. The van der Waals surface area contributed by atoms with E-state index in [-0.39, 0.29) is 34.9 Å². The molecule has 4 aromatic rings. The highest BCUT2D eigenvalue weighted by atomic mass is 19.4. The molecular weight excluding hydrogens is 479 g/mol. The number of anilines is 1. The lowest BCUT2D eigenvalue weighted by Crippen LogP contribution is -2.36. The van der Waals surface area contributed by atoms with Gasteiger partial charge in [-0.25, -0.2) is 23.1 Å². The van der Waals surface area contributed by atoms with E-state index < -0.39 is 41.6 Å². The molecule has 1 aromatic carbocycles. The van der Waals surface area contributed by atoms with Crippen molar-refractivity contribution in [2.24, 2.45) is 0 Å². The van der Waals surface area contributed by atoms with Gasteiger partial charge in [-0.1, -0.05) is 0 Å². The Hall–Kier alpha value is -4.23. The maximum atomic E-state index is 14.9. The summed E-state index contributed by atoms with van der Waals surface area (Å²) in [5.74, 6) is -3.49. The van der Waals surface area contributed by atoms with E-state index in [9.17, 15) is 31.5 Å². The second kappa shape index (κ2) is 7.92. The summed E-state index contributed by atoms with van der Waals surface area (Å²) in [6.07, 6.45) is -2.20. The van der Waals surface area contributed by atoms with Gasteiger partial charge in [-0.2, -0.15) is 18.3 Å². The summed E-state index contributed by atoms with van der Waals surface area (Å²) in [5.41, 5.74) is -1.80. The van der Waals surface area contributed by atoms with Crippen LogP contribution in [0, 0.1) is 0 Å². The summed E-state index contributed by atoms with van der Waals surface area (Å²) in [4.78, 5) is 33.4. The molecular formula is C21H15F5N6O3. The zero-order chi connectivity index (χ0) is 25.0. The summed E-state index contributed by atoms with van der Waals surface area (Å²) in [5, 5.41) is 4.25. The number of aromatic nitrogens is 5. The molecule has 35 heavy (non-hydrogen) atoms. The molecule has 4 heterocycles. The van der Waals surface area contributed by atoms with Gasteiger partial charge in [0.1, 0.15) is 11.4 Å². The standard InChI is InChI=1S/C21H15F5N6O3/c22-20(23)10-31(9-16(20)35-12-3-1-11(2-4-12)21(24,25)26)15-7-14(30-32-6-5-27-17(15)32)13-8-28-19(34)29-18(13)33/h1-8,16H,9-10H2,(H2,28,29,33,34). The molecule has 0 saturated carbocycles. The third-order valence-electron chi connectivity index (χ3n) is 5.49. The minimum atomic E-state index is -4.56. The van der Waals surface area contributed by atoms with Crippen molar-refractivity contribution >= 4 is 11.3 Å². The summed E-state index contributed by atoms with van der Waals surface area (Å²) in [6, 6.07) is 4.88. The van der Waals surface area contributed by atoms with E-state index >= 15 is 0 Å². The Bertz CT molecular complexity index is 1510. The number of hydrogen-bond acceptors (Lipinski definition) is 6. The zero-order valence-electron chi connectivity index (χ0n) is 17.5. The van der Waals surface area contributed by atoms with Gasteiger partial charge >= 0.3 is 17.8 Å². The molecule has 3 aromatic heterocycles. The largest absolute Gasteiger partial charge is 0.482 e. The number of rotatable bonds is 4. The second-order valence-corrected chi connectivity index (χ2v) is 7.87. The third-order valence-corrected chi connectivity index (χ3v) is 5.49. The minimum Gasteiger partial charge on any atom is -0.482 e. The molecule has 1 unspecified atom stereocenters. The third kappa shape index (κ3) is 4.22. The van der Waals surface area contributed by atoms with Crippen molar-refractivity contribution in [2.75, 3.05) is 18.0 Å². The molecule has 1 saturated heterocycles. The molecule has 2 N–H and O–H groups in total. The molecule has 9 nitrogen and oxygen atoms in total. The average molecular weight is 494 g/mol. The summed E-state index contributed by atoms with van der Waals surface area (Å²) in [6.45, 7) is -1.09. The Morgan fingerprint density at radius 2 is 1.89 bits per heavy atom. The van der Waals surface area contributed by atoms with E-state index in [0.717, 1.165) is 30.5 Å². The van der Waals surface area contributed by atoms with Crippen LogP contribution in [0.3, 0.4) is 0 Å². The predicted molar refractivity (Wildman–Crippen MR) is 113 cm³/mol. The number of nitrogens with one attached hydrogen (secondary N) is 2. The fourth-order valence-electron chi connectivity index (χ4n) is 3.81. The van der Waals surface area contributed by atoms with Crippen molar-refractivity contribution in [3.63, 3.8) is 0 Å². The molecule has 5 rings (SSSR count). The van der Waals surface area contributed by atoms with Crippen LogP contribution in [0.15, 0.2) is 58.5 Å². The smallest absolute Gasteiger partial charge is 0.416 e. The number of nitrogens with zero attached hydrogens (tertiary/aromatic N) is 4. The molecule has 1 aliphatic rings. The highest BCUT2D eigenvalue weighted by Crippen LogP contribution is 2.37. The van der Waals surface area contributed by atoms with Gasteiger partial charge in [0, 0.05) is 18.6 Å². The SMILES string of the molecule is O=c1[nH]cc(-c2cc(N3CC(Oc4ccc(C(F)(F)F)cc4)C(F)(F)C3)c3nccn3n2)c(=O)[nH]1. The van der Waals surface area contributed by atoms with Gasteiger partial charge in [0.2, 0.25) is 0 Å². The van der Waals surface area contributed by atoms with Gasteiger partial charge in [0.15, 0.2) is 11.8 Å². The van der Waals surface area contributed by atoms with Crippen LogP contribution in [0.2, 0.25) is 0 Å². The fraction of sp³-hybridized carbons (Fsp3) is 0.238. The average Bonchev–Trinajstić information content (AvgIpc) is 3.37. The van der Waals surface area contributed by atoms with Crippen LogP contribution in [0.5, 0.6) is 5.75 Å². The fourth-order valence-corrected chi connectivity index (χ4v) is 3.81. The lowest BCUT2D eigenvalue weighted by molar-refractivity contribution is -0.137. The summed E-state index contributed by atoms with van der Waals surface area (Å²) >= 11 is 0. The van der Waals surface area contributed by atoms with Gasteiger partial charge < -0.3 is 14.6 Å². The molecule has 1 atom stereocenters. The molecule has 14 heteroatoms. The number of imidazole rings is 1. The van der Waals surface area contributed by atoms with E-state index in [1.54, 1.807) is 0 Å². The first-order valence-electron chi connectivity index (χ1n) is 10.1. The van der Waals surface area contributed by atoms with Gasteiger partial charge in [0.05, 0.1) is 29.9 Å². The molecule has 0 aliphatic carbocycles. The lowest BCUT2D eigenvalue weighted by Gasteiger charge is -2.19. The molecule has 0 bridgehead atoms. The van der Waals surface area contributed by atoms with Crippen LogP contribution in [0.25, 0.3) is 16.9 Å². The van der Waals surface area contributed by atoms with Gasteiger partial charge in [-0.05, 0) is 30.3 Å². The maximum Gasteiger partial charge on any atom is 0.416 e. The Morgan fingerprint density at radius 1 is 1.14 bits per heavy atom. The van der Waals surface area contributed by atoms with E-state index in [4.69, 9.17) is 4.74 Å². The van der Waals surface area contributed by atoms with Crippen LogP contribution < -0.4 is 20.9 Å². The Balaban J connectivity index is 1.47. The van der Waals surface area contributed by atoms with E-state index in [0.29, 0.717) is 0 Å². The van der Waals surface area contributed by atoms with Crippen LogP contribution >= 0.6 is 0 Å². The number of hydrogen-bond donors (Lipinski definition) is 2. The monoisotopic (exact) mass is 494 g/mol. The number of halogens is 5. The topological polar surface area (TPSA) is 108 Å². The van der Waals surface area contributed by atoms with Crippen LogP contribution in [0.4, 0.5) is 27.6 Å². The first kappa shape index (κ1) is 22.6. The highest BCUT2D eigenvalue weighted by Gasteiger charge is 2.50. The zero-order valence-corrected chi connectivity index (χ0v) is 17.5. The maximum absolute atomic E-state index is 14.9. The molecule has 182 valence electrons.